The lowest BCUT2D eigenvalue weighted by Crippen LogP contribution is -2.30. The summed E-state index contributed by atoms with van der Waals surface area (Å²) >= 11 is 3.40. The van der Waals surface area contributed by atoms with Gasteiger partial charge in [0, 0.05) is 16.7 Å². The first-order chi connectivity index (χ1) is 9.88. The largest absolute Gasteiger partial charge is 0.356 e. The number of amides is 2. The van der Waals surface area contributed by atoms with Gasteiger partial charge in [0.15, 0.2) is 0 Å². The molecule has 0 bridgehead atoms. The lowest BCUT2D eigenvalue weighted by molar-refractivity contribution is -0.126. The van der Waals surface area contributed by atoms with Crippen LogP contribution in [0.25, 0.3) is 0 Å². The minimum Gasteiger partial charge on any atom is -0.356 e. The molecule has 0 aromatic heterocycles. The molecule has 0 unspecified atom stereocenters. The van der Waals surface area contributed by atoms with Crippen LogP contribution in [-0.4, -0.2) is 43.9 Å². The minimum atomic E-state index is -0.304. The van der Waals surface area contributed by atoms with E-state index in [0.29, 0.717) is 12.2 Å². The van der Waals surface area contributed by atoms with E-state index < -0.39 is 0 Å². The Morgan fingerprint density at radius 3 is 2.57 bits per heavy atom. The number of anilines is 1. The number of nitrogens with zero attached hydrogens (tertiary/aromatic N) is 1. The third kappa shape index (κ3) is 7.24. The quantitative estimate of drug-likeness (QED) is 0.581. The zero-order chi connectivity index (χ0) is 15.8. The van der Waals surface area contributed by atoms with Gasteiger partial charge in [-0.3, -0.25) is 9.59 Å². The maximum absolute atomic E-state index is 11.8. The number of hydrogen-bond donors (Lipinski definition) is 2. The Kier molecular flexibility index (Phi) is 7.39. The number of hydrogen-bond acceptors (Lipinski definition) is 3. The normalized spacial score (nSPS) is 10.5. The molecule has 2 N–H and O–H groups in total. The summed E-state index contributed by atoms with van der Waals surface area (Å²) in [7, 11) is 3.96. The number of halogens is 1. The molecule has 1 aromatic rings. The molecule has 0 saturated carbocycles. The second kappa shape index (κ2) is 8.79. The van der Waals surface area contributed by atoms with Crippen molar-refractivity contribution < 1.29 is 9.59 Å². The van der Waals surface area contributed by atoms with Crippen molar-refractivity contribution in [2.45, 2.75) is 19.8 Å². The van der Waals surface area contributed by atoms with Crippen molar-refractivity contribution in [3.05, 3.63) is 28.2 Å². The zero-order valence-corrected chi connectivity index (χ0v) is 14.3. The maximum Gasteiger partial charge on any atom is 0.233 e. The fourth-order valence-electron chi connectivity index (χ4n) is 1.76. The molecule has 21 heavy (non-hydrogen) atoms. The van der Waals surface area contributed by atoms with E-state index in [2.05, 4.69) is 31.5 Å². The average Bonchev–Trinajstić information content (AvgIpc) is 2.38. The van der Waals surface area contributed by atoms with Gasteiger partial charge in [-0.1, -0.05) is 15.9 Å². The third-order valence-electron chi connectivity index (χ3n) is 2.87. The third-order valence-corrected chi connectivity index (χ3v) is 3.76. The lowest BCUT2D eigenvalue weighted by atomic mass is 10.2. The Labute approximate surface area is 134 Å². The van der Waals surface area contributed by atoms with E-state index in [9.17, 15) is 9.59 Å². The van der Waals surface area contributed by atoms with Crippen LogP contribution >= 0.6 is 15.9 Å². The maximum atomic E-state index is 11.8. The molecule has 1 rings (SSSR count). The molecule has 0 radical (unpaired) electrons. The van der Waals surface area contributed by atoms with Crippen molar-refractivity contribution >= 4 is 33.4 Å². The van der Waals surface area contributed by atoms with Crippen LogP contribution in [0.5, 0.6) is 0 Å². The van der Waals surface area contributed by atoms with Gasteiger partial charge in [-0.15, -0.1) is 0 Å². The molecule has 0 aliphatic rings. The molecule has 0 heterocycles. The van der Waals surface area contributed by atoms with Crippen LogP contribution in [0, 0.1) is 6.92 Å². The van der Waals surface area contributed by atoms with E-state index >= 15 is 0 Å². The summed E-state index contributed by atoms with van der Waals surface area (Å²) in [5.74, 6) is -0.554. The molecule has 0 saturated heterocycles. The van der Waals surface area contributed by atoms with Crippen LogP contribution in [0.1, 0.15) is 18.4 Å². The first kappa shape index (κ1) is 17.7. The topological polar surface area (TPSA) is 61.4 Å². The van der Waals surface area contributed by atoms with Crippen LogP contribution in [0.2, 0.25) is 0 Å². The van der Waals surface area contributed by atoms with Crippen LogP contribution in [0.4, 0.5) is 5.69 Å². The van der Waals surface area contributed by atoms with Gasteiger partial charge in [0.2, 0.25) is 11.8 Å². The van der Waals surface area contributed by atoms with Gasteiger partial charge in [0.1, 0.15) is 6.42 Å². The minimum absolute atomic E-state index is 0.156. The van der Waals surface area contributed by atoms with Crippen LogP contribution < -0.4 is 10.6 Å². The summed E-state index contributed by atoms with van der Waals surface area (Å²) in [5.41, 5.74) is 1.72. The molecule has 0 aliphatic carbocycles. The number of aryl methyl sites for hydroxylation is 1. The van der Waals surface area contributed by atoms with Crippen LogP contribution in [-0.2, 0) is 9.59 Å². The van der Waals surface area contributed by atoms with Crippen molar-refractivity contribution in [3.63, 3.8) is 0 Å². The molecule has 116 valence electrons. The Hall–Kier alpha value is -1.40. The van der Waals surface area contributed by atoms with Gasteiger partial charge in [0.25, 0.3) is 0 Å². The molecule has 0 fully saturated rings. The highest BCUT2D eigenvalue weighted by Crippen LogP contribution is 2.19. The van der Waals surface area contributed by atoms with Gasteiger partial charge in [-0.2, -0.15) is 0 Å². The first-order valence-corrected chi connectivity index (χ1v) is 7.65. The Bertz CT molecular complexity index is 504. The lowest BCUT2D eigenvalue weighted by Gasteiger charge is -2.10. The van der Waals surface area contributed by atoms with Gasteiger partial charge in [-0.05, 0) is 57.7 Å². The highest BCUT2D eigenvalue weighted by Gasteiger charge is 2.09. The predicted molar refractivity (Wildman–Crippen MR) is 88.3 cm³/mol. The summed E-state index contributed by atoms with van der Waals surface area (Å²) in [5, 5.41) is 5.46. The van der Waals surface area contributed by atoms with Crippen molar-refractivity contribution in [2.24, 2.45) is 0 Å². The molecule has 2 amide bonds. The predicted octanol–water partition coefficient (Wildman–Crippen LogP) is 2.15. The molecule has 0 atom stereocenters. The average molecular weight is 356 g/mol. The van der Waals surface area contributed by atoms with Crippen molar-refractivity contribution in [2.75, 3.05) is 32.5 Å². The molecule has 1 aromatic carbocycles. The summed E-state index contributed by atoms with van der Waals surface area (Å²) in [4.78, 5) is 25.4. The number of benzene rings is 1. The summed E-state index contributed by atoms with van der Waals surface area (Å²) in [6.45, 7) is 3.43. The van der Waals surface area contributed by atoms with Crippen molar-refractivity contribution in [1.82, 2.24) is 10.2 Å². The van der Waals surface area contributed by atoms with Gasteiger partial charge < -0.3 is 15.5 Å². The number of carbonyl (C=O) groups is 2. The number of carbonyl (C=O) groups excluding carboxylic acids is 2. The standard InChI is InChI=1S/C15H22BrN3O2/c1-11-9-12(5-6-13(11)16)18-15(21)10-14(20)17-7-4-8-19(2)3/h5-6,9H,4,7-8,10H2,1-3H3,(H,17,20)(H,18,21). The van der Waals surface area contributed by atoms with E-state index in [0.717, 1.165) is 23.0 Å². The van der Waals surface area contributed by atoms with Gasteiger partial charge >= 0.3 is 0 Å². The van der Waals surface area contributed by atoms with E-state index in [1.54, 1.807) is 6.07 Å². The summed E-state index contributed by atoms with van der Waals surface area (Å²) < 4.78 is 0.985. The Balaban J connectivity index is 2.32. The van der Waals surface area contributed by atoms with E-state index in [4.69, 9.17) is 0 Å². The SMILES string of the molecule is Cc1cc(NC(=O)CC(=O)NCCCN(C)C)ccc1Br. The highest BCUT2D eigenvalue weighted by atomic mass is 79.9. The molecule has 0 aliphatic heterocycles. The molecular weight excluding hydrogens is 334 g/mol. The smallest absolute Gasteiger partial charge is 0.233 e. The Morgan fingerprint density at radius 1 is 1.24 bits per heavy atom. The molecular formula is C15H22BrN3O2. The first-order valence-electron chi connectivity index (χ1n) is 6.86. The second-order valence-electron chi connectivity index (χ2n) is 5.20. The fraction of sp³-hybridized carbons (Fsp3) is 0.467. The van der Waals surface area contributed by atoms with Crippen LogP contribution in [0.15, 0.2) is 22.7 Å². The van der Waals surface area contributed by atoms with Crippen LogP contribution in [0.3, 0.4) is 0 Å². The van der Waals surface area contributed by atoms with E-state index in [1.807, 2.05) is 33.2 Å². The van der Waals surface area contributed by atoms with E-state index in [-0.39, 0.29) is 18.2 Å². The van der Waals surface area contributed by atoms with E-state index in [1.165, 1.54) is 0 Å². The fourth-order valence-corrected chi connectivity index (χ4v) is 2.01. The second-order valence-corrected chi connectivity index (χ2v) is 6.05. The monoisotopic (exact) mass is 355 g/mol. The highest BCUT2D eigenvalue weighted by molar-refractivity contribution is 9.10. The van der Waals surface area contributed by atoms with Crippen molar-refractivity contribution in [1.29, 1.82) is 0 Å². The van der Waals surface area contributed by atoms with Gasteiger partial charge in [-0.25, -0.2) is 0 Å². The number of rotatable bonds is 7. The summed E-state index contributed by atoms with van der Waals surface area (Å²) in [6, 6.07) is 5.52. The molecule has 5 nitrogen and oxygen atoms in total. The molecule has 0 spiro atoms. The zero-order valence-electron chi connectivity index (χ0n) is 12.7. The summed E-state index contributed by atoms with van der Waals surface area (Å²) in [6.07, 6.45) is 0.712. The molecule has 6 heteroatoms. The number of nitrogens with one attached hydrogen (secondary N) is 2. The Morgan fingerprint density at radius 2 is 1.95 bits per heavy atom. The van der Waals surface area contributed by atoms with Crippen molar-refractivity contribution in [3.8, 4) is 0 Å². The van der Waals surface area contributed by atoms with Gasteiger partial charge in [0.05, 0.1) is 0 Å².